The van der Waals surface area contributed by atoms with Gasteiger partial charge in [0.15, 0.2) is 0 Å². The van der Waals surface area contributed by atoms with Crippen molar-refractivity contribution in [2.45, 2.75) is 38.0 Å². The Morgan fingerprint density at radius 1 is 1.41 bits per heavy atom. The van der Waals surface area contributed by atoms with Gasteiger partial charge in [0.1, 0.15) is 11.6 Å². The standard InChI is InChI=1S/C11H14F2N2O2/c12-11(13)17-7-4-5-10(14-6-7)15-8-2-1-3-9(8)16/h4-6,8-9,11,16H,1-3H2,(H,14,15)/t8-,9-/m1/s1. The molecular weight excluding hydrogens is 230 g/mol. The number of rotatable bonds is 4. The summed E-state index contributed by atoms with van der Waals surface area (Å²) in [5.41, 5.74) is 0. The lowest BCUT2D eigenvalue weighted by Gasteiger charge is -2.17. The van der Waals surface area contributed by atoms with Crippen molar-refractivity contribution in [2.24, 2.45) is 0 Å². The Balaban J connectivity index is 1.93. The monoisotopic (exact) mass is 244 g/mol. The zero-order valence-electron chi connectivity index (χ0n) is 9.14. The van der Waals surface area contributed by atoms with E-state index in [-0.39, 0.29) is 17.9 Å². The van der Waals surface area contributed by atoms with Crippen LogP contribution in [0.1, 0.15) is 19.3 Å². The lowest BCUT2D eigenvalue weighted by molar-refractivity contribution is -0.0500. The van der Waals surface area contributed by atoms with Crippen molar-refractivity contribution >= 4 is 5.82 Å². The van der Waals surface area contributed by atoms with Gasteiger partial charge in [0.05, 0.1) is 18.3 Å². The highest BCUT2D eigenvalue weighted by Gasteiger charge is 2.25. The Kier molecular flexibility index (Phi) is 3.73. The van der Waals surface area contributed by atoms with E-state index in [0.717, 1.165) is 19.3 Å². The maximum atomic E-state index is 11.9. The van der Waals surface area contributed by atoms with Crippen LogP contribution in [0.25, 0.3) is 0 Å². The highest BCUT2D eigenvalue weighted by atomic mass is 19.3. The molecule has 0 saturated heterocycles. The Hall–Kier alpha value is -1.43. The first-order valence-corrected chi connectivity index (χ1v) is 5.50. The maximum Gasteiger partial charge on any atom is 0.387 e. The predicted molar refractivity (Wildman–Crippen MR) is 58.1 cm³/mol. The van der Waals surface area contributed by atoms with Crippen molar-refractivity contribution in [1.29, 1.82) is 0 Å². The van der Waals surface area contributed by atoms with Gasteiger partial charge in [-0.25, -0.2) is 4.98 Å². The highest BCUT2D eigenvalue weighted by Crippen LogP contribution is 2.23. The topological polar surface area (TPSA) is 54.4 Å². The number of hydrogen-bond acceptors (Lipinski definition) is 4. The molecule has 6 heteroatoms. The van der Waals surface area contributed by atoms with Gasteiger partial charge in [0.2, 0.25) is 0 Å². The van der Waals surface area contributed by atoms with Crippen LogP contribution in [0.3, 0.4) is 0 Å². The summed E-state index contributed by atoms with van der Waals surface area (Å²) >= 11 is 0. The van der Waals surface area contributed by atoms with Crippen molar-refractivity contribution in [3.63, 3.8) is 0 Å². The number of nitrogens with zero attached hydrogens (tertiary/aromatic N) is 1. The Labute approximate surface area is 97.6 Å². The molecule has 0 bridgehead atoms. The number of halogens is 2. The number of aromatic nitrogens is 1. The molecule has 2 rings (SSSR count). The average Bonchev–Trinajstić information content (AvgIpc) is 2.67. The van der Waals surface area contributed by atoms with Gasteiger partial charge in [-0.1, -0.05) is 0 Å². The molecule has 0 unspecified atom stereocenters. The van der Waals surface area contributed by atoms with E-state index in [4.69, 9.17) is 0 Å². The molecule has 2 N–H and O–H groups in total. The molecule has 1 aromatic rings. The smallest absolute Gasteiger partial charge is 0.387 e. The molecule has 1 aliphatic carbocycles. The van der Waals surface area contributed by atoms with Crippen LogP contribution in [0.2, 0.25) is 0 Å². The highest BCUT2D eigenvalue weighted by molar-refractivity contribution is 5.39. The zero-order valence-corrected chi connectivity index (χ0v) is 9.14. The first-order valence-electron chi connectivity index (χ1n) is 5.50. The molecule has 1 aromatic heterocycles. The lowest BCUT2D eigenvalue weighted by Crippen LogP contribution is -2.28. The molecule has 2 atom stereocenters. The first-order chi connectivity index (χ1) is 8.15. The minimum atomic E-state index is -2.84. The van der Waals surface area contributed by atoms with Crippen LogP contribution in [-0.2, 0) is 0 Å². The molecule has 94 valence electrons. The second-order valence-corrected chi connectivity index (χ2v) is 4.01. The van der Waals surface area contributed by atoms with E-state index in [9.17, 15) is 13.9 Å². The van der Waals surface area contributed by atoms with Gasteiger partial charge in [-0.05, 0) is 31.4 Å². The molecule has 1 fully saturated rings. The molecule has 0 spiro atoms. The Morgan fingerprint density at radius 3 is 2.76 bits per heavy atom. The predicted octanol–water partition coefficient (Wildman–Crippen LogP) is 2.01. The van der Waals surface area contributed by atoms with Crippen molar-refractivity contribution in [3.05, 3.63) is 18.3 Å². The average molecular weight is 244 g/mol. The van der Waals surface area contributed by atoms with Gasteiger partial charge in [-0.2, -0.15) is 8.78 Å². The number of hydrogen-bond donors (Lipinski definition) is 2. The van der Waals surface area contributed by atoms with E-state index in [1.165, 1.54) is 12.3 Å². The van der Waals surface area contributed by atoms with Crippen LogP contribution < -0.4 is 10.1 Å². The fraction of sp³-hybridized carbons (Fsp3) is 0.545. The number of anilines is 1. The van der Waals surface area contributed by atoms with Crippen LogP contribution in [0.15, 0.2) is 18.3 Å². The number of nitrogens with one attached hydrogen (secondary N) is 1. The summed E-state index contributed by atoms with van der Waals surface area (Å²) < 4.78 is 28.0. The summed E-state index contributed by atoms with van der Waals surface area (Å²) in [5.74, 6) is 0.579. The molecule has 17 heavy (non-hydrogen) atoms. The number of ether oxygens (including phenoxy) is 1. The molecule has 0 radical (unpaired) electrons. The summed E-state index contributed by atoms with van der Waals surface area (Å²) in [4.78, 5) is 3.95. The van der Waals surface area contributed by atoms with E-state index in [1.54, 1.807) is 6.07 Å². The fourth-order valence-electron chi connectivity index (χ4n) is 1.94. The van der Waals surface area contributed by atoms with Gasteiger partial charge < -0.3 is 15.2 Å². The zero-order chi connectivity index (χ0) is 12.3. The van der Waals surface area contributed by atoms with E-state index in [1.807, 2.05) is 0 Å². The summed E-state index contributed by atoms with van der Waals surface area (Å²) in [6, 6.07) is 2.97. The van der Waals surface area contributed by atoms with Crippen molar-refractivity contribution in [2.75, 3.05) is 5.32 Å². The largest absolute Gasteiger partial charge is 0.433 e. The summed E-state index contributed by atoms with van der Waals surface area (Å²) in [6.45, 7) is -2.84. The van der Waals surface area contributed by atoms with E-state index >= 15 is 0 Å². The van der Waals surface area contributed by atoms with Crippen LogP contribution in [0.4, 0.5) is 14.6 Å². The molecule has 0 aliphatic heterocycles. The first kappa shape index (κ1) is 12.0. The van der Waals surface area contributed by atoms with Crippen LogP contribution >= 0.6 is 0 Å². The van der Waals surface area contributed by atoms with E-state index in [0.29, 0.717) is 5.82 Å². The van der Waals surface area contributed by atoms with Gasteiger partial charge >= 0.3 is 6.61 Å². The third kappa shape index (κ3) is 3.26. The molecular formula is C11H14F2N2O2. The second kappa shape index (κ2) is 5.27. The molecule has 1 saturated carbocycles. The SMILES string of the molecule is O[C@@H]1CCC[C@H]1Nc1ccc(OC(F)F)cn1. The van der Waals surface area contributed by atoms with Crippen LogP contribution in [-0.4, -0.2) is 28.8 Å². The van der Waals surface area contributed by atoms with Crippen molar-refractivity contribution < 1.29 is 18.6 Å². The van der Waals surface area contributed by atoms with Crippen LogP contribution in [0, 0.1) is 0 Å². The Morgan fingerprint density at radius 2 is 2.24 bits per heavy atom. The van der Waals surface area contributed by atoms with Gasteiger partial charge in [0, 0.05) is 0 Å². The van der Waals surface area contributed by atoms with E-state index in [2.05, 4.69) is 15.0 Å². The molecule has 4 nitrogen and oxygen atoms in total. The lowest BCUT2D eigenvalue weighted by atomic mass is 10.2. The Bertz CT molecular complexity index is 359. The normalized spacial score (nSPS) is 24.0. The third-order valence-electron chi connectivity index (χ3n) is 2.77. The number of alkyl halides is 2. The van der Waals surface area contributed by atoms with Crippen molar-refractivity contribution in [3.8, 4) is 5.75 Å². The molecule has 0 aromatic carbocycles. The van der Waals surface area contributed by atoms with E-state index < -0.39 is 6.61 Å². The van der Waals surface area contributed by atoms with Gasteiger partial charge in [-0.15, -0.1) is 0 Å². The van der Waals surface area contributed by atoms with Gasteiger partial charge in [0.25, 0.3) is 0 Å². The van der Waals surface area contributed by atoms with Gasteiger partial charge in [-0.3, -0.25) is 0 Å². The molecule has 0 amide bonds. The maximum absolute atomic E-state index is 11.9. The third-order valence-corrected chi connectivity index (χ3v) is 2.77. The number of aliphatic hydroxyl groups is 1. The number of aliphatic hydroxyl groups excluding tert-OH is 1. The minimum absolute atomic E-state index is 0.00985. The minimum Gasteiger partial charge on any atom is -0.433 e. The summed E-state index contributed by atoms with van der Waals surface area (Å²) in [7, 11) is 0. The fourth-order valence-corrected chi connectivity index (χ4v) is 1.94. The molecule has 1 aliphatic rings. The summed E-state index contributed by atoms with van der Waals surface area (Å²) in [6.07, 6.45) is 3.51. The summed E-state index contributed by atoms with van der Waals surface area (Å²) in [5, 5.41) is 12.7. The van der Waals surface area contributed by atoms with Crippen molar-refractivity contribution in [1.82, 2.24) is 4.98 Å². The molecule has 1 heterocycles. The van der Waals surface area contributed by atoms with Crippen LogP contribution in [0.5, 0.6) is 5.75 Å². The quantitative estimate of drug-likeness (QED) is 0.850. The second-order valence-electron chi connectivity index (χ2n) is 4.01. The number of pyridine rings is 1.